The highest BCUT2D eigenvalue weighted by atomic mass is 16.4. The molecule has 0 amide bonds. The Morgan fingerprint density at radius 1 is 1.67 bits per heavy atom. The van der Waals surface area contributed by atoms with Crippen LogP contribution in [0.5, 0.6) is 0 Å². The summed E-state index contributed by atoms with van der Waals surface area (Å²) in [7, 11) is 0. The lowest BCUT2D eigenvalue weighted by Crippen LogP contribution is -2.37. The van der Waals surface area contributed by atoms with Crippen LogP contribution in [0.1, 0.15) is 0 Å². The Morgan fingerprint density at radius 2 is 1.67 bits per heavy atom. The summed E-state index contributed by atoms with van der Waals surface area (Å²) < 4.78 is 0. The van der Waals surface area contributed by atoms with Gasteiger partial charge in [0.2, 0.25) is 0 Å². The normalized spacial score (nSPS) is 3.00. The second-order valence-electron chi connectivity index (χ2n) is 0.105. The molecule has 0 aromatic carbocycles. The molecule has 40 valence electrons. The molecule has 0 bridgehead atoms. The molecule has 0 unspecified atom stereocenters. The van der Waals surface area contributed by atoms with Crippen LogP contribution in [0.2, 0.25) is 0 Å². The van der Waals surface area contributed by atoms with Gasteiger partial charge in [0.15, 0.2) is 0 Å². The number of rotatable bonds is 0. The molecule has 5 nitrogen and oxygen atoms in total. The molecule has 0 aliphatic heterocycles. The summed E-state index contributed by atoms with van der Waals surface area (Å²) in [6.07, 6.45) is 0. The number of carboxylic acid groups (broad SMARTS) is 1. The third-order valence-electron chi connectivity index (χ3n) is 0. The lowest BCUT2D eigenvalue weighted by Gasteiger charge is -1.52. The molecule has 0 radical (unpaired) electrons. The largest absolute Gasteiger partial charge is 0.637 e. The molecule has 0 heterocycles. The lowest BCUT2D eigenvalue weighted by molar-refractivity contribution is -0.275. The third kappa shape index (κ3) is 43.8. The van der Waals surface area contributed by atoms with Gasteiger partial charge >= 0.3 is 0 Å². The first-order valence-corrected chi connectivity index (χ1v) is 0.783. The van der Waals surface area contributed by atoms with Gasteiger partial charge < -0.3 is 22.4 Å². The van der Waals surface area contributed by atoms with E-state index in [0.717, 1.165) is 0 Å². The van der Waals surface area contributed by atoms with E-state index in [1.165, 1.54) is 0 Å². The Morgan fingerprint density at radius 3 is 1.67 bits per heavy atom. The highest BCUT2D eigenvalue weighted by Crippen LogP contribution is 0.966. The Bertz CT molecular complexity index is 16.3. The molecule has 0 aliphatic carbocycles. The fourth-order valence-electron chi connectivity index (χ4n) is 0. The minimum Gasteiger partial charge on any atom is -0.637 e. The van der Waals surface area contributed by atoms with E-state index < -0.39 is 0 Å². The Labute approximate surface area is 34.9 Å². The molecule has 0 aromatic heterocycles. The highest BCUT2D eigenvalue weighted by Gasteiger charge is 1.22. The van der Waals surface area contributed by atoms with Gasteiger partial charge in [-0.2, -0.15) is 0 Å². The van der Waals surface area contributed by atoms with Crippen LogP contribution in [0.15, 0.2) is 0 Å². The van der Waals surface area contributed by atoms with Crippen LogP contribution in [0.3, 0.4) is 0 Å². The topological polar surface area (TPSA) is 123 Å². The van der Waals surface area contributed by atoms with Gasteiger partial charge in [0.1, 0.15) is 0 Å². The zero-order valence-electron chi connectivity index (χ0n) is 3.26. The van der Waals surface area contributed by atoms with Crippen LogP contribution in [0, 0.1) is 5.21 Å². The van der Waals surface area contributed by atoms with E-state index in [2.05, 4.69) is 0 Å². The van der Waals surface area contributed by atoms with Crippen LogP contribution in [-0.2, 0) is 4.79 Å². The van der Waals surface area contributed by atoms with Crippen molar-refractivity contribution in [1.82, 2.24) is 6.15 Å². The maximum atomic E-state index is 8.36. The minimum absolute atomic E-state index is 0. The van der Waals surface area contributed by atoms with Crippen molar-refractivity contribution in [2.75, 3.05) is 0 Å². The van der Waals surface area contributed by atoms with Gasteiger partial charge in [-0.25, -0.2) is 0 Å². The predicted molar refractivity (Wildman–Crippen MR) is 20.0 cm³/mol. The molecule has 0 spiro atoms. The average Bonchev–Trinajstić information content (AvgIpc) is 1.46. The van der Waals surface area contributed by atoms with Crippen molar-refractivity contribution in [2.24, 2.45) is 0 Å². The molecule has 5 heteroatoms. The summed E-state index contributed by atoms with van der Waals surface area (Å²) in [5, 5.41) is 14.9. The van der Waals surface area contributed by atoms with Crippen molar-refractivity contribution in [3.8, 4) is 0 Å². The SMILES string of the molecule is N.O=CO.[NH3+][O-]. The smallest absolute Gasteiger partial charge is 0.290 e. The molecule has 0 saturated carbocycles. The Kier molecular flexibility index (Phi) is 1220. The maximum absolute atomic E-state index is 8.36. The minimum atomic E-state index is -0.250. The van der Waals surface area contributed by atoms with Gasteiger partial charge in [-0.3, -0.25) is 4.79 Å². The first-order chi connectivity index (χ1) is 2.41. The van der Waals surface area contributed by atoms with Crippen LogP contribution >= 0.6 is 0 Å². The zero-order valence-corrected chi connectivity index (χ0v) is 3.26. The van der Waals surface area contributed by atoms with Crippen molar-refractivity contribution in [1.29, 1.82) is 0 Å². The zero-order chi connectivity index (χ0) is 4.71. The quantitative estimate of drug-likeness (QED) is 0.253. The molecule has 0 atom stereocenters. The van der Waals surface area contributed by atoms with Gasteiger partial charge in [0, 0.05) is 0 Å². The molecule has 7 N–H and O–H groups in total. The van der Waals surface area contributed by atoms with Crippen LogP contribution in [-0.4, -0.2) is 11.6 Å². The van der Waals surface area contributed by atoms with E-state index >= 15 is 0 Å². The van der Waals surface area contributed by atoms with Crippen LogP contribution in [0.4, 0.5) is 0 Å². The van der Waals surface area contributed by atoms with Gasteiger partial charge in [-0.05, 0) is 0 Å². The molecular formula is CH8N2O3. The van der Waals surface area contributed by atoms with E-state index in [1.54, 1.807) is 0 Å². The van der Waals surface area contributed by atoms with Crippen molar-refractivity contribution < 1.29 is 15.8 Å². The van der Waals surface area contributed by atoms with Crippen molar-refractivity contribution in [3.05, 3.63) is 5.21 Å². The standard InChI is InChI=1S/CH2O2.H3NO.H3N/c2-1-3;1-2;/h1H,(H,2,3);1H3;1H3. The number of hydrogen-bond acceptors (Lipinski definition) is 3. The summed E-state index contributed by atoms with van der Waals surface area (Å²) in [4.78, 5) is 8.36. The first-order valence-electron chi connectivity index (χ1n) is 0.783. The van der Waals surface area contributed by atoms with Gasteiger partial charge in [-0.1, -0.05) is 0 Å². The Balaban J connectivity index is -0.0000000275. The Hall–Kier alpha value is -0.650. The number of quaternary nitrogens is 1. The monoisotopic (exact) mass is 96.1 g/mol. The van der Waals surface area contributed by atoms with E-state index in [4.69, 9.17) is 15.1 Å². The second-order valence-corrected chi connectivity index (χ2v) is 0.105. The first kappa shape index (κ1) is 18.3. The third-order valence-corrected chi connectivity index (χ3v) is 0. The van der Waals surface area contributed by atoms with Crippen LogP contribution in [0.25, 0.3) is 0 Å². The molecular weight excluding hydrogens is 88.0 g/mol. The second kappa shape index (κ2) is 399. The molecule has 0 fully saturated rings. The van der Waals surface area contributed by atoms with E-state index in [0.29, 0.717) is 0 Å². The summed E-state index contributed by atoms with van der Waals surface area (Å²) >= 11 is 0. The molecule has 0 rings (SSSR count). The molecule has 0 aliphatic rings. The number of carbonyl (C=O) groups is 1. The fraction of sp³-hybridized carbons (Fsp3) is 0. The van der Waals surface area contributed by atoms with Gasteiger partial charge in [0.05, 0.1) is 0 Å². The summed E-state index contributed by atoms with van der Waals surface area (Å²) in [6.45, 7) is -0.250. The summed E-state index contributed by atoms with van der Waals surface area (Å²) in [6, 6.07) is 0. The van der Waals surface area contributed by atoms with E-state index in [-0.39, 0.29) is 12.6 Å². The number of hydrogen-bond donors (Lipinski definition) is 3. The fourth-order valence-corrected chi connectivity index (χ4v) is 0. The summed E-state index contributed by atoms with van der Waals surface area (Å²) in [5.74, 6) is 2.00. The summed E-state index contributed by atoms with van der Waals surface area (Å²) in [5.41, 5.74) is 0. The van der Waals surface area contributed by atoms with E-state index in [1.807, 2.05) is 5.90 Å². The van der Waals surface area contributed by atoms with Crippen molar-refractivity contribution >= 4 is 6.47 Å². The molecule has 0 saturated heterocycles. The van der Waals surface area contributed by atoms with E-state index in [9.17, 15) is 0 Å². The van der Waals surface area contributed by atoms with Crippen LogP contribution < -0.4 is 12.0 Å². The van der Waals surface area contributed by atoms with Crippen molar-refractivity contribution in [2.45, 2.75) is 0 Å². The highest BCUT2D eigenvalue weighted by molar-refractivity contribution is 5.32. The molecule has 0 aromatic rings. The molecule has 6 heavy (non-hydrogen) atoms. The maximum Gasteiger partial charge on any atom is 0.290 e. The van der Waals surface area contributed by atoms with Gasteiger partial charge in [-0.15, -0.1) is 0 Å². The van der Waals surface area contributed by atoms with Crippen molar-refractivity contribution in [3.63, 3.8) is 0 Å². The van der Waals surface area contributed by atoms with Gasteiger partial charge in [0.25, 0.3) is 6.47 Å². The predicted octanol–water partition coefficient (Wildman–Crippen LogP) is -1.41. The lowest BCUT2D eigenvalue weighted by atomic mass is 11.7. The average molecular weight is 96.1 g/mol.